The van der Waals surface area contributed by atoms with E-state index in [1.54, 1.807) is 31.4 Å². The van der Waals surface area contributed by atoms with E-state index in [0.717, 1.165) is 11.3 Å². The molecule has 2 aromatic rings. The van der Waals surface area contributed by atoms with E-state index in [0.29, 0.717) is 17.9 Å². The number of carbonyl (C=O) groups excluding carboxylic acids is 1. The number of likely N-dealkylation sites (N-methyl/N-ethyl adjacent to an activating group) is 1. The minimum atomic E-state index is -0.205. The number of carbonyl (C=O) groups is 1. The summed E-state index contributed by atoms with van der Waals surface area (Å²) in [4.78, 5) is 14.1. The molecule has 0 aliphatic rings. The van der Waals surface area contributed by atoms with Crippen LogP contribution in [0.1, 0.15) is 17.2 Å². The van der Waals surface area contributed by atoms with Crippen LogP contribution in [0.4, 0.5) is 0 Å². The van der Waals surface area contributed by atoms with Gasteiger partial charge in [0.25, 0.3) is 5.91 Å². The van der Waals surface area contributed by atoms with Crippen molar-refractivity contribution in [3.63, 3.8) is 0 Å². The van der Waals surface area contributed by atoms with Crippen LogP contribution in [-0.2, 0) is 4.79 Å². The smallest absolute Gasteiger partial charge is 0.258 e. The maximum atomic E-state index is 12.1. The first-order valence-electron chi connectivity index (χ1n) is 8.23. The summed E-state index contributed by atoms with van der Waals surface area (Å²) in [6.45, 7) is 0.375. The monoisotopic (exact) mass is 353 g/mol. The number of hydrogen-bond acceptors (Lipinski definition) is 5. The molecule has 0 aliphatic heterocycles. The summed E-state index contributed by atoms with van der Waals surface area (Å²) in [5, 5.41) is 11.7. The van der Waals surface area contributed by atoms with Crippen LogP contribution in [0.25, 0.3) is 0 Å². The largest absolute Gasteiger partial charge is 0.497 e. The number of methoxy groups -OCH3 is 1. The molecule has 1 N–H and O–H groups in total. The predicted octanol–water partition coefficient (Wildman–Crippen LogP) is 2.36. The molecule has 1 atom stereocenters. The summed E-state index contributed by atoms with van der Waals surface area (Å²) in [5.41, 5.74) is 1.61. The van der Waals surface area contributed by atoms with E-state index in [4.69, 9.17) is 14.7 Å². The Morgan fingerprint density at radius 1 is 1.19 bits per heavy atom. The summed E-state index contributed by atoms with van der Waals surface area (Å²) in [6.07, 6.45) is 0. The van der Waals surface area contributed by atoms with Crippen LogP contribution in [0, 0.1) is 11.3 Å². The van der Waals surface area contributed by atoms with Crippen molar-refractivity contribution in [2.75, 3.05) is 34.4 Å². The minimum Gasteiger partial charge on any atom is -0.497 e. The Morgan fingerprint density at radius 2 is 1.92 bits per heavy atom. The van der Waals surface area contributed by atoms with Crippen molar-refractivity contribution in [1.82, 2.24) is 10.2 Å². The van der Waals surface area contributed by atoms with E-state index < -0.39 is 0 Å². The maximum absolute atomic E-state index is 12.1. The van der Waals surface area contributed by atoms with E-state index in [1.165, 1.54) is 0 Å². The molecule has 0 aromatic heterocycles. The quantitative estimate of drug-likeness (QED) is 0.789. The first-order valence-corrected chi connectivity index (χ1v) is 8.23. The van der Waals surface area contributed by atoms with E-state index in [1.807, 2.05) is 49.3 Å². The van der Waals surface area contributed by atoms with Gasteiger partial charge in [0.1, 0.15) is 11.5 Å². The number of nitriles is 1. The van der Waals surface area contributed by atoms with Crippen LogP contribution in [-0.4, -0.2) is 45.2 Å². The summed E-state index contributed by atoms with van der Waals surface area (Å²) >= 11 is 0. The summed E-state index contributed by atoms with van der Waals surface area (Å²) in [5.74, 6) is 1.13. The van der Waals surface area contributed by atoms with Crippen LogP contribution in [0.3, 0.4) is 0 Å². The van der Waals surface area contributed by atoms with Gasteiger partial charge in [-0.25, -0.2) is 0 Å². The highest BCUT2D eigenvalue weighted by molar-refractivity contribution is 5.77. The lowest BCUT2D eigenvalue weighted by Crippen LogP contribution is -2.36. The highest BCUT2D eigenvalue weighted by atomic mass is 16.5. The Hall–Kier alpha value is -3.04. The molecule has 26 heavy (non-hydrogen) atoms. The molecule has 6 nitrogen and oxygen atoms in total. The normalized spacial score (nSPS) is 11.5. The van der Waals surface area contributed by atoms with Crippen molar-refractivity contribution in [2.24, 2.45) is 0 Å². The van der Waals surface area contributed by atoms with Gasteiger partial charge in [-0.15, -0.1) is 0 Å². The Kier molecular flexibility index (Phi) is 7.01. The number of nitrogens with one attached hydrogen (secondary N) is 1. The van der Waals surface area contributed by atoms with E-state index >= 15 is 0 Å². The third-order valence-corrected chi connectivity index (χ3v) is 3.95. The average Bonchev–Trinajstić information content (AvgIpc) is 2.66. The van der Waals surface area contributed by atoms with Crippen LogP contribution in [0.2, 0.25) is 0 Å². The zero-order valence-corrected chi connectivity index (χ0v) is 15.2. The Bertz CT molecular complexity index is 767. The van der Waals surface area contributed by atoms with Crippen LogP contribution in [0.5, 0.6) is 11.5 Å². The zero-order valence-electron chi connectivity index (χ0n) is 15.2. The van der Waals surface area contributed by atoms with Crippen LogP contribution >= 0.6 is 0 Å². The predicted molar refractivity (Wildman–Crippen MR) is 99.1 cm³/mol. The molecule has 0 saturated heterocycles. The van der Waals surface area contributed by atoms with Crippen LogP contribution in [0.15, 0.2) is 48.5 Å². The molecule has 1 amide bonds. The van der Waals surface area contributed by atoms with Gasteiger partial charge in [0.15, 0.2) is 6.61 Å². The number of benzene rings is 2. The zero-order chi connectivity index (χ0) is 18.9. The minimum absolute atomic E-state index is 0.0176. The summed E-state index contributed by atoms with van der Waals surface area (Å²) in [6, 6.07) is 16.5. The molecule has 1 unspecified atom stereocenters. The van der Waals surface area contributed by atoms with Gasteiger partial charge in [-0.1, -0.05) is 12.1 Å². The lowest BCUT2D eigenvalue weighted by atomic mass is 10.1. The molecule has 0 saturated carbocycles. The first-order chi connectivity index (χ1) is 12.5. The van der Waals surface area contributed by atoms with Gasteiger partial charge >= 0.3 is 0 Å². The number of amides is 1. The average molecular weight is 353 g/mol. The van der Waals surface area contributed by atoms with E-state index in [-0.39, 0.29) is 18.6 Å². The maximum Gasteiger partial charge on any atom is 0.258 e. The first kappa shape index (κ1) is 19.3. The van der Waals surface area contributed by atoms with Gasteiger partial charge in [-0.2, -0.15) is 5.26 Å². The molecular formula is C20H23N3O3. The van der Waals surface area contributed by atoms with E-state index in [9.17, 15) is 4.79 Å². The molecule has 2 rings (SSSR count). The van der Waals surface area contributed by atoms with Crippen molar-refractivity contribution >= 4 is 5.91 Å². The third kappa shape index (κ3) is 5.50. The SMILES string of the molecule is COc1cccc(C(CNC(=O)COc2ccc(C#N)cc2)N(C)C)c1. The molecule has 136 valence electrons. The van der Waals surface area contributed by atoms with Crippen molar-refractivity contribution in [2.45, 2.75) is 6.04 Å². The van der Waals surface area contributed by atoms with E-state index in [2.05, 4.69) is 5.32 Å². The van der Waals surface area contributed by atoms with Gasteiger partial charge in [0.2, 0.25) is 0 Å². The lowest BCUT2D eigenvalue weighted by Gasteiger charge is -2.25. The van der Waals surface area contributed by atoms with Gasteiger partial charge < -0.3 is 19.7 Å². The number of rotatable bonds is 8. The molecule has 0 bridgehead atoms. The molecule has 0 radical (unpaired) electrons. The van der Waals surface area contributed by atoms with Gasteiger partial charge in [0, 0.05) is 6.54 Å². The molecular weight excluding hydrogens is 330 g/mol. The molecule has 0 aliphatic carbocycles. The second kappa shape index (κ2) is 9.44. The molecule has 2 aromatic carbocycles. The highest BCUT2D eigenvalue weighted by Gasteiger charge is 2.16. The fourth-order valence-electron chi connectivity index (χ4n) is 2.48. The van der Waals surface area contributed by atoms with Crippen molar-refractivity contribution < 1.29 is 14.3 Å². The van der Waals surface area contributed by atoms with Gasteiger partial charge in [-0.3, -0.25) is 4.79 Å². The number of hydrogen-bond donors (Lipinski definition) is 1. The molecule has 0 heterocycles. The van der Waals surface area contributed by atoms with Crippen molar-refractivity contribution in [3.05, 3.63) is 59.7 Å². The fourth-order valence-corrected chi connectivity index (χ4v) is 2.48. The van der Waals surface area contributed by atoms with Crippen molar-refractivity contribution in [1.29, 1.82) is 5.26 Å². The Morgan fingerprint density at radius 3 is 2.54 bits per heavy atom. The van der Waals surface area contributed by atoms with Crippen molar-refractivity contribution in [3.8, 4) is 17.6 Å². The molecule has 0 fully saturated rings. The Labute approximate surface area is 153 Å². The van der Waals surface area contributed by atoms with Gasteiger partial charge in [0.05, 0.1) is 24.8 Å². The second-order valence-corrected chi connectivity index (χ2v) is 5.98. The van der Waals surface area contributed by atoms with Gasteiger partial charge in [-0.05, 0) is 56.1 Å². The topological polar surface area (TPSA) is 74.6 Å². The lowest BCUT2D eigenvalue weighted by molar-refractivity contribution is -0.123. The summed E-state index contributed by atoms with van der Waals surface area (Å²) in [7, 11) is 5.55. The van der Waals surface area contributed by atoms with Crippen LogP contribution < -0.4 is 14.8 Å². The third-order valence-electron chi connectivity index (χ3n) is 3.95. The standard InChI is InChI=1S/C20H23N3O3/c1-23(2)19(16-5-4-6-18(11-16)25-3)13-22-20(24)14-26-17-9-7-15(12-21)8-10-17/h4-11,19H,13-14H2,1-3H3,(H,22,24). The molecule has 0 spiro atoms. The molecule has 6 heteroatoms. The Balaban J connectivity index is 1.89. The fraction of sp³-hybridized carbons (Fsp3) is 0.300. The summed E-state index contributed by atoms with van der Waals surface area (Å²) < 4.78 is 10.7. The second-order valence-electron chi connectivity index (χ2n) is 5.98. The highest BCUT2D eigenvalue weighted by Crippen LogP contribution is 2.22. The number of nitrogens with zero attached hydrogens (tertiary/aromatic N) is 2. The number of ether oxygens (including phenoxy) is 2.